The Hall–Kier alpha value is -0.666. The highest BCUT2D eigenvalue weighted by atomic mass is 28.3. The van der Waals surface area contributed by atoms with Crippen molar-refractivity contribution in [2.45, 2.75) is 71.5 Å². The van der Waals surface area contributed by atoms with Crippen molar-refractivity contribution in [3.8, 4) is 0 Å². The molecular weight excluding hydrogens is 300 g/mol. The number of amides is 2. The van der Waals surface area contributed by atoms with E-state index in [4.69, 9.17) is 4.12 Å². The molecule has 0 heterocycles. The molecule has 0 spiro atoms. The van der Waals surface area contributed by atoms with Gasteiger partial charge >= 0.3 is 0 Å². The van der Waals surface area contributed by atoms with Crippen LogP contribution in [-0.4, -0.2) is 43.6 Å². The molecule has 0 aliphatic rings. The number of carbonyl (C=O) groups excluding carboxylic acids is 2. The van der Waals surface area contributed by atoms with Crippen LogP contribution in [0.15, 0.2) is 0 Å². The second-order valence-electron chi connectivity index (χ2n) is 6.91. The molecule has 2 atom stereocenters. The van der Waals surface area contributed by atoms with Crippen LogP contribution in [0.4, 0.5) is 0 Å². The van der Waals surface area contributed by atoms with Crippen molar-refractivity contribution in [2.24, 2.45) is 5.92 Å². The maximum absolute atomic E-state index is 12.4. The minimum atomic E-state index is -0.831. The van der Waals surface area contributed by atoms with Gasteiger partial charge in [0.1, 0.15) is 16.5 Å². The highest BCUT2D eigenvalue weighted by molar-refractivity contribution is 6.42. The van der Waals surface area contributed by atoms with Gasteiger partial charge in [0, 0.05) is 5.54 Å². The van der Waals surface area contributed by atoms with Gasteiger partial charge in [0.05, 0.1) is 5.54 Å². The Morgan fingerprint density at radius 3 is 2.19 bits per heavy atom. The van der Waals surface area contributed by atoms with E-state index < -0.39 is 15.8 Å². The lowest BCUT2D eigenvalue weighted by Gasteiger charge is -2.28. The molecular formula is C14H32N2O3Si2. The standard InChI is InChI=1S/C14H32N2O3Si2/c1-7-8-10(21-19-20)12(17)15-11(9(2)3)13(18)16-14(4,5)6/h9-11H,7-8,21H2,1-6,20H3,(H,15,17)(H,16,18)/t10?,11-/m0/s1. The summed E-state index contributed by atoms with van der Waals surface area (Å²) >= 11 is 0. The van der Waals surface area contributed by atoms with Crippen molar-refractivity contribution >= 4 is 32.1 Å². The normalized spacial score (nSPS) is 15.4. The lowest BCUT2D eigenvalue weighted by atomic mass is 10.0. The van der Waals surface area contributed by atoms with Crippen molar-refractivity contribution in [1.82, 2.24) is 10.6 Å². The summed E-state index contributed by atoms with van der Waals surface area (Å²) in [5.41, 5.74) is -0.332. The van der Waals surface area contributed by atoms with E-state index in [1.165, 1.54) is 0 Å². The minimum Gasteiger partial charge on any atom is -0.467 e. The average molecular weight is 333 g/mol. The van der Waals surface area contributed by atoms with E-state index in [9.17, 15) is 9.59 Å². The van der Waals surface area contributed by atoms with Gasteiger partial charge in [-0.2, -0.15) is 0 Å². The molecule has 5 nitrogen and oxygen atoms in total. The second-order valence-corrected chi connectivity index (χ2v) is 10.5. The first-order chi connectivity index (χ1) is 9.62. The predicted octanol–water partition coefficient (Wildman–Crippen LogP) is 0.0113. The highest BCUT2D eigenvalue weighted by Crippen LogP contribution is 2.14. The average Bonchev–Trinajstić information content (AvgIpc) is 2.32. The third-order valence-electron chi connectivity index (χ3n) is 3.12. The Labute approximate surface area is 134 Å². The Morgan fingerprint density at radius 2 is 1.81 bits per heavy atom. The lowest BCUT2D eigenvalue weighted by Crippen LogP contribution is -2.55. The molecule has 0 bridgehead atoms. The highest BCUT2D eigenvalue weighted by Gasteiger charge is 2.29. The van der Waals surface area contributed by atoms with Crippen LogP contribution in [0.2, 0.25) is 5.54 Å². The number of hydrogen-bond acceptors (Lipinski definition) is 3. The third-order valence-corrected chi connectivity index (χ3v) is 5.64. The van der Waals surface area contributed by atoms with Gasteiger partial charge in [-0.3, -0.25) is 9.59 Å². The maximum atomic E-state index is 12.4. The van der Waals surface area contributed by atoms with Crippen molar-refractivity contribution in [1.29, 1.82) is 0 Å². The SMILES string of the molecule is CCCC([SiH2]O[SiH3])C(=O)N[C@H](C(=O)NC(C)(C)C)C(C)C. The molecule has 0 aromatic rings. The quantitative estimate of drug-likeness (QED) is 0.616. The molecule has 0 aromatic heterocycles. The summed E-state index contributed by atoms with van der Waals surface area (Å²) in [6.45, 7) is 11.8. The Morgan fingerprint density at radius 1 is 1.24 bits per heavy atom. The third kappa shape index (κ3) is 8.38. The summed E-state index contributed by atoms with van der Waals surface area (Å²) in [6, 6.07) is -0.487. The zero-order chi connectivity index (χ0) is 16.6. The fourth-order valence-corrected chi connectivity index (χ4v) is 4.55. The van der Waals surface area contributed by atoms with Crippen LogP contribution in [-0.2, 0) is 13.7 Å². The molecule has 7 heteroatoms. The van der Waals surface area contributed by atoms with Crippen molar-refractivity contribution < 1.29 is 13.7 Å². The first-order valence-electron chi connectivity index (χ1n) is 7.73. The van der Waals surface area contributed by atoms with Crippen molar-refractivity contribution in [3.63, 3.8) is 0 Å². The van der Waals surface area contributed by atoms with E-state index in [0.717, 1.165) is 12.8 Å². The van der Waals surface area contributed by atoms with Gasteiger partial charge < -0.3 is 14.7 Å². The van der Waals surface area contributed by atoms with Crippen LogP contribution in [0.3, 0.4) is 0 Å². The first-order valence-corrected chi connectivity index (χ1v) is 9.94. The fourth-order valence-electron chi connectivity index (χ4n) is 2.09. The number of nitrogens with one attached hydrogen (secondary N) is 2. The zero-order valence-corrected chi connectivity index (χ0v) is 18.0. The van der Waals surface area contributed by atoms with Crippen LogP contribution in [0.1, 0.15) is 54.4 Å². The molecule has 2 amide bonds. The summed E-state index contributed by atoms with van der Waals surface area (Å²) in [7, 11) is -0.152. The smallest absolute Gasteiger partial charge is 0.243 e. The molecule has 0 rings (SSSR count). The molecule has 0 radical (unpaired) electrons. The van der Waals surface area contributed by atoms with Gasteiger partial charge in [-0.05, 0) is 33.1 Å². The van der Waals surface area contributed by atoms with E-state index in [1.54, 1.807) is 0 Å². The van der Waals surface area contributed by atoms with Crippen LogP contribution in [0.5, 0.6) is 0 Å². The molecule has 0 aliphatic heterocycles. The summed E-state index contributed by atoms with van der Waals surface area (Å²) in [6.07, 6.45) is 1.79. The molecule has 0 aromatic carbocycles. The largest absolute Gasteiger partial charge is 0.467 e. The second kappa shape index (κ2) is 9.37. The minimum absolute atomic E-state index is 0.0258. The van der Waals surface area contributed by atoms with Gasteiger partial charge in [-0.25, -0.2) is 0 Å². The van der Waals surface area contributed by atoms with E-state index in [-0.39, 0.29) is 28.8 Å². The van der Waals surface area contributed by atoms with Crippen molar-refractivity contribution in [3.05, 3.63) is 0 Å². The van der Waals surface area contributed by atoms with E-state index in [1.807, 2.05) is 34.6 Å². The molecule has 0 aliphatic carbocycles. The maximum Gasteiger partial charge on any atom is 0.243 e. The molecule has 0 saturated carbocycles. The van der Waals surface area contributed by atoms with Gasteiger partial charge in [0.2, 0.25) is 11.8 Å². The molecule has 0 saturated heterocycles. The first kappa shape index (κ1) is 20.3. The zero-order valence-electron chi connectivity index (χ0n) is 14.6. The summed E-state index contributed by atoms with van der Waals surface area (Å²) < 4.78 is 5.38. The molecule has 21 heavy (non-hydrogen) atoms. The summed E-state index contributed by atoms with van der Waals surface area (Å²) in [5, 5.41) is 5.87. The summed E-state index contributed by atoms with van der Waals surface area (Å²) in [5.74, 6) is -0.0890. The predicted molar refractivity (Wildman–Crippen MR) is 92.9 cm³/mol. The van der Waals surface area contributed by atoms with Gasteiger partial charge in [-0.15, -0.1) is 0 Å². The Balaban J connectivity index is 4.83. The molecule has 124 valence electrons. The number of carbonyl (C=O) groups is 2. The van der Waals surface area contributed by atoms with E-state index in [2.05, 4.69) is 17.6 Å². The van der Waals surface area contributed by atoms with Gasteiger partial charge in [0.15, 0.2) is 9.76 Å². The monoisotopic (exact) mass is 332 g/mol. The summed E-state index contributed by atoms with van der Waals surface area (Å²) in [4.78, 5) is 24.7. The molecule has 1 unspecified atom stereocenters. The van der Waals surface area contributed by atoms with E-state index in [0.29, 0.717) is 10.5 Å². The van der Waals surface area contributed by atoms with Crippen LogP contribution >= 0.6 is 0 Å². The van der Waals surface area contributed by atoms with Crippen LogP contribution in [0.25, 0.3) is 0 Å². The van der Waals surface area contributed by atoms with E-state index >= 15 is 0 Å². The Kier molecular flexibility index (Phi) is 9.07. The topological polar surface area (TPSA) is 67.4 Å². The fraction of sp³-hybridized carbons (Fsp3) is 0.857. The van der Waals surface area contributed by atoms with Crippen LogP contribution in [0, 0.1) is 5.92 Å². The lowest BCUT2D eigenvalue weighted by molar-refractivity contribution is -0.131. The van der Waals surface area contributed by atoms with Crippen LogP contribution < -0.4 is 10.6 Å². The number of hydrogen-bond donors (Lipinski definition) is 2. The molecule has 0 fully saturated rings. The van der Waals surface area contributed by atoms with Gasteiger partial charge in [0.25, 0.3) is 0 Å². The van der Waals surface area contributed by atoms with Crippen molar-refractivity contribution in [2.75, 3.05) is 0 Å². The van der Waals surface area contributed by atoms with Gasteiger partial charge in [-0.1, -0.05) is 27.2 Å². The molecule has 2 N–H and O–H groups in total. The number of rotatable bonds is 8. The Bertz CT molecular complexity index is 338.